The Kier molecular flexibility index (Phi) is 6.05. The summed E-state index contributed by atoms with van der Waals surface area (Å²) in [5.74, 6) is -2.81. The minimum Gasteiger partial charge on any atom is -0.295 e. The molecule has 0 spiro atoms. The van der Waals surface area contributed by atoms with Gasteiger partial charge in [0.2, 0.25) is 0 Å². The van der Waals surface area contributed by atoms with Crippen molar-refractivity contribution in [3.8, 4) is 5.69 Å². The van der Waals surface area contributed by atoms with E-state index in [4.69, 9.17) is 11.6 Å². The van der Waals surface area contributed by atoms with Gasteiger partial charge >= 0.3 is 0 Å². The number of aryl methyl sites for hydroxylation is 1. The molecule has 3 aromatic carbocycles. The monoisotopic (exact) mass is 506 g/mol. The number of hydrogen-bond donors (Lipinski definition) is 1. The highest BCUT2D eigenvalue weighted by molar-refractivity contribution is 6.31. The maximum Gasteiger partial charge on any atom is 0.275 e. The van der Waals surface area contributed by atoms with Gasteiger partial charge in [0.25, 0.3) is 11.5 Å². The van der Waals surface area contributed by atoms with E-state index in [0.29, 0.717) is 38.9 Å². The Bertz CT molecular complexity index is 1540. The van der Waals surface area contributed by atoms with E-state index < -0.39 is 23.5 Å². The fraction of sp³-hybridized carbons (Fsp3) is 0.148. The second kappa shape index (κ2) is 9.20. The maximum absolute atomic E-state index is 13.8. The zero-order valence-corrected chi connectivity index (χ0v) is 20.1. The van der Waals surface area contributed by atoms with Crippen molar-refractivity contribution in [2.75, 3.05) is 5.01 Å². The zero-order chi connectivity index (χ0) is 25.6. The van der Waals surface area contributed by atoms with Gasteiger partial charge in [0, 0.05) is 27.9 Å². The number of aromatic amines is 1. The summed E-state index contributed by atoms with van der Waals surface area (Å²) in [5, 5.41) is 9.14. The summed E-state index contributed by atoms with van der Waals surface area (Å²) < 4.78 is 28.3. The molecule has 0 saturated heterocycles. The van der Waals surface area contributed by atoms with E-state index in [-0.39, 0.29) is 11.5 Å². The molecule has 182 valence electrons. The molecule has 5 rings (SSSR count). The normalized spacial score (nSPS) is 16.4. The highest BCUT2D eigenvalue weighted by atomic mass is 35.5. The van der Waals surface area contributed by atoms with Crippen molar-refractivity contribution >= 4 is 28.9 Å². The van der Waals surface area contributed by atoms with Crippen LogP contribution in [0, 0.1) is 24.5 Å². The molecule has 1 aliphatic rings. The molecule has 2 atom stereocenters. The lowest BCUT2D eigenvalue weighted by Gasteiger charge is -2.24. The van der Waals surface area contributed by atoms with Gasteiger partial charge in [0.1, 0.15) is 11.6 Å². The first-order chi connectivity index (χ1) is 17.3. The quantitative estimate of drug-likeness (QED) is 0.384. The summed E-state index contributed by atoms with van der Waals surface area (Å²) in [6.07, 6.45) is 0. The number of halogens is 3. The fourth-order valence-electron chi connectivity index (χ4n) is 4.66. The maximum atomic E-state index is 13.8. The molecule has 0 bridgehead atoms. The molecule has 0 aliphatic carbocycles. The number of hydrazone groups is 1. The molecule has 9 heteroatoms. The second-order valence-electron chi connectivity index (χ2n) is 8.61. The summed E-state index contributed by atoms with van der Waals surface area (Å²) in [4.78, 5) is 27.5. The van der Waals surface area contributed by atoms with Crippen LogP contribution in [0.1, 0.15) is 29.7 Å². The Hall–Kier alpha value is -4.04. The Morgan fingerprint density at radius 2 is 1.47 bits per heavy atom. The van der Waals surface area contributed by atoms with Crippen molar-refractivity contribution in [3.63, 3.8) is 0 Å². The third-order valence-electron chi connectivity index (χ3n) is 6.34. The van der Waals surface area contributed by atoms with Crippen molar-refractivity contribution in [2.24, 2.45) is 11.0 Å². The van der Waals surface area contributed by atoms with E-state index >= 15 is 0 Å². The van der Waals surface area contributed by atoms with E-state index in [9.17, 15) is 18.4 Å². The second-order valence-corrected chi connectivity index (χ2v) is 9.02. The molecular weight excluding hydrogens is 486 g/mol. The molecule has 36 heavy (non-hydrogen) atoms. The summed E-state index contributed by atoms with van der Waals surface area (Å²) in [5.41, 5.74) is 2.45. The third kappa shape index (κ3) is 4.03. The standard InChI is InChI=1S/C27H21ClF2N4O2/c1-15-23(26(35)33(31-15)19-11-7-17(29)8-12-19)25(21-5-3-4-6-22(21)28)24-16(2)32-34(27(24)36)20-13-9-18(30)10-14-20/h3-14,23,25,32H,1-2H3/t23-,25-/m0/s1. The lowest BCUT2D eigenvalue weighted by atomic mass is 9.78. The molecule has 6 nitrogen and oxygen atoms in total. The van der Waals surface area contributed by atoms with Crippen LogP contribution in [-0.4, -0.2) is 21.4 Å². The van der Waals surface area contributed by atoms with Crippen LogP contribution in [-0.2, 0) is 4.79 Å². The van der Waals surface area contributed by atoms with E-state index in [1.54, 1.807) is 38.1 Å². The molecular formula is C27H21ClF2N4O2. The van der Waals surface area contributed by atoms with Crippen LogP contribution in [0.2, 0.25) is 5.02 Å². The third-order valence-corrected chi connectivity index (χ3v) is 6.68. The highest BCUT2D eigenvalue weighted by Gasteiger charge is 2.44. The number of hydrogen-bond acceptors (Lipinski definition) is 3. The largest absolute Gasteiger partial charge is 0.295 e. The molecule has 1 aromatic heterocycles. The van der Waals surface area contributed by atoms with Crippen LogP contribution < -0.4 is 10.6 Å². The topological polar surface area (TPSA) is 70.5 Å². The van der Waals surface area contributed by atoms with E-state index in [1.807, 2.05) is 0 Å². The van der Waals surface area contributed by atoms with Gasteiger partial charge < -0.3 is 0 Å². The summed E-state index contributed by atoms with van der Waals surface area (Å²) in [7, 11) is 0. The SMILES string of the molecule is CC1=NN(c2ccc(F)cc2)C(=O)[C@@H]1[C@H](c1ccccc1Cl)c1c(C)[nH]n(-c2ccc(F)cc2)c1=O. The highest BCUT2D eigenvalue weighted by Crippen LogP contribution is 2.40. The van der Waals surface area contributed by atoms with Gasteiger partial charge in [-0.1, -0.05) is 29.8 Å². The number of nitrogens with zero attached hydrogens (tertiary/aromatic N) is 3. The molecule has 1 aliphatic heterocycles. The Morgan fingerprint density at radius 3 is 2.08 bits per heavy atom. The Morgan fingerprint density at radius 1 is 0.889 bits per heavy atom. The number of benzene rings is 3. The molecule has 4 aromatic rings. The fourth-order valence-corrected chi connectivity index (χ4v) is 4.91. The smallest absolute Gasteiger partial charge is 0.275 e. The Balaban J connectivity index is 1.66. The number of anilines is 1. The van der Waals surface area contributed by atoms with Crippen LogP contribution in [0.4, 0.5) is 14.5 Å². The number of H-pyrrole nitrogens is 1. The van der Waals surface area contributed by atoms with Gasteiger partial charge in [-0.3, -0.25) is 14.7 Å². The van der Waals surface area contributed by atoms with Gasteiger partial charge in [-0.05, 0) is 74.0 Å². The average Bonchev–Trinajstić information content (AvgIpc) is 3.32. The predicted octanol–water partition coefficient (Wildman–Crippen LogP) is 5.58. The summed E-state index contributed by atoms with van der Waals surface area (Å²) in [6.45, 7) is 3.46. The van der Waals surface area contributed by atoms with Crippen LogP contribution in [0.5, 0.6) is 0 Å². The summed E-state index contributed by atoms with van der Waals surface area (Å²) in [6, 6.07) is 18.0. The predicted molar refractivity (Wildman–Crippen MR) is 135 cm³/mol. The van der Waals surface area contributed by atoms with Crippen LogP contribution in [0.25, 0.3) is 5.69 Å². The lowest BCUT2D eigenvalue weighted by molar-refractivity contribution is -0.120. The van der Waals surface area contributed by atoms with Crippen molar-refractivity contribution in [1.29, 1.82) is 0 Å². The number of carbonyl (C=O) groups is 1. The molecule has 0 radical (unpaired) electrons. The van der Waals surface area contributed by atoms with Crippen molar-refractivity contribution < 1.29 is 13.6 Å². The van der Waals surface area contributed by atoms with Gasteiger partial charge in [-0.15, -0.1) is 0 Å². The van der Waals surface area contributed by atoms with Crippen LogP contribution in [0.3, 0.4) is 0 Å². The first kappa shape index (κ1) is 23.7. The summed E-state index contributed by atoms with van der Waals surface area (Å²) >= 11 is 6.59. The van der Waals surface area contributed by atoms with Gasteiger partial charge in [0.05, 0.1) is 17.3 Å². The van der Waals surface area contributed by atoms with E-state index in [1.165, 1.54) is 58.2 Å². The number of carbonyl (C=O) groups excluding carboxylic acids is 1. The first-order valence-electron chi connectivity index (χ1n) is 11.2. The average molecular weight is 507 g/mol. The number of amides is 1. The molecule has 1 amide bonds. The van der Waals surface area contributed by atoms with Crippen LogP contribution >= 0.6 is 11.6 Å². The Labute approximate surface area is 210 Å². The van der Waals surface area contributed by atoms with E-state index in [2.05, 4.69) is 10.2 Å². The zero-order valence-electron chi connectivity index (χ0n) is 19.4. The van der Waals surface area contributed by atoms with Gasteiger partial charge in [-0.2, -0.15) is 5.10 Å². The van der Waals surface area contributed by atoms with Gasteiger partial charge in [0.15, 0.2) is 0 Å². The van der Waals surface area contributed by atoms with Crippen molar-refractivity contribution in [2.45, 2.75) is 19.8 Å². The van der Waals surface area contributed by atoms with Gasteiger partial charge in [-0.25, -0.2) is 18.5 Å². The number of nitrogens with one attached hydrogen (secondary N) is 1. The minimum absolute atomic E-state index is 0.348. The minimum atomic E-state index is -0.834. The number of rotatable bonds is 5. The molecule has 1 N–H and O–H groups in total. The first-order valence-corrected chi connectivity index (χ1v) is 11.6. The van der Waals surface area contributed by atoms with Crippen molar-refractivity contribution in [1.82, 2.24) is 9.78 Å². The van der Waals surface area contributed by atoms with Crippen LogP contribution in [0.15, 0.2) is 82.7 Å². The van der Waals surface area contributed by atoms with Crippen molar-refractivity contribution in [3.05, 3.63) is 117 Å². The molecule has 0 unspecified atom stereocenters. The molecule has 0 fully saturated rings. The molecule has 0 saturated carbocycles. The lowest BCUT2D eigenvalue weighted by Crippen LogP contribution is -2.34. The number of aromatic nitrogens is 2. The van der Waals surface area contributed by atoms with E-state index in [0.717, 1.165) is 0 Å². The molecule has 2 heterocycles.